The van der Waals surface area contributed by atoms with Gasteiger partial charge in [-0.05, 0) is 51.4 Å². The topological polar surface area (TPSA) is 161 Å². The number of hydrogen-bond donors (Lipinski definition) is 6. The monoisotopic (exact) mass is 732 g/mol. The Morgan fingerprint density at radius 1 is 0.577 bits per heavy atom. The second-order valence-electron chi connectivity index (χ2n) is 15.1. The Morgan fingerprint density at radius 3 is 1.37 bits per heavy atom. The summed E-state index contributed by atoms with van der Waals surface area (Å²) in [5.41, 5.74) is 11.5. The highest BCUT2D eigenvalue weighted by Gasteiger charge is 2.22. The molecule has 304 valence electrons. The van der Waals surface area contributed by atoms with Crippen LogP contribution < -0.4 is 22.1 Å². The van der Waals surface area contributed by atoms with E-state index in [1.807, 2.05) is 4.90 Å². The van der Waals surface area contributed by atoms with Crippen molar-refractivity contribution in [1.29, 1.82) is 10.8 Å². The summed E-state index contributed by atoms with van der Waals surface area (Å²) in [5, 5.41) is 20.6. The number of hydrogen-bond acceptors (Lipinski definition) is 5. The number of carbonyl (C=O) groups is 2. The lowest BCUT2D eigenvalue weighted by Gasteiger charge is -2.26. The van der Waals surface area contributed by atoms with Gasteiger partial charge in [-0.3, -0.25) is 20.4 Å². The first-order valence-electron chi connectivity index (χ1n) is 22.0. The SMILES string of the molecule is CCCCCCCC/C=C\CCCCCCCCN(CCCCCCCCCCCCCCCC)C(=O)C(N)CNC(=O)C(=N)CCCNC(=N)N. The second kappa shape index (κ2) is 38.3. The second-order valence-corrected chi connectivity index (χ2v) is 15.1. The minimum atomic E-state index is -0.822. The summed E-state index contributed by atoms with van der Waals surface area (Å²) in [5.74, 6) is -0.742. The van der Waals surface area contributed by atoms with Crippen molar-refractivity contribution in [2.75, 3.05) is 26.2 Å². The van der Waals surface area contributed by atoms with E-state index in [0.29, 0.717) is 26.1 Å². The van der Waals surface area contributed by atoms with E-state index in [1.165, 1.54) is 154 Å². The Kier molecular flexibility index (Phi) is 36.5. The van der Waals surface area contributed by atoms with Crippen molar-refractivity contribution < 1.29 is 9.59 Å². The predicted molar refractivity (Wildman–Crippen MR) is 224 cm³/mol. The van der Waals surface area contributed by atoms with Crippen molar-refractivity contribution in [3.8, 4) is 0 Å². The van der Waals surface area contributed by atoms with Crippen molar-refractivity contribution in [1.82, 2.24) is 15.5 Å². The Hall–Kier alpha value is -2.42. The number of guanidine groups is 1. The van der Waals surface area contributed by atoms with E-state index in [0.717, 1.165) is 25.7 Å². The van der Waals surface area contributed by atoms with Gasteiger partial charge in [0.1, 0.15) is 6.04 Å². The lowest BCUT2D eigenvalue weighted by atomic mass is 10.0. The highest BCUT2D eigenvalue weighted by molar-refractivity contribution is 6.37. The van der Waals surface area contributed by atoms with Crippen molar-refractivity contribution in [2.45, 2.75) is 213 Å². The fraction of sp³-hybridized carbons (Fsp3) is 0.860. The van der Waals surface area contributed by atoms with Crippen LogP contribution in [0, 0.1) is 10.8 Å². The third-order valence-electron chi connectivity index (χ3n) is 10.0. The number of allylic oxidation sites excluding steroid dienone is 2. The van der Waals surface area contributed by atoms with Gasteiger partial charge in [0.15, 0.2) is 5.96 Å². The molecule has 0 radical (unpaired) electrons. The molecule has 0 bridgehead atoms. The van der Waals surface area contributed by atoms with Gasteiger partial charge in [0.05, 0.1) is 5.71 Å². The van der Waals surface area contributed by atoms with Gasteiger partial charge >= 0.3 is 0 Å². The quantitative estimate of drug-likeness (QED) is 0.0160. The third kappa shape index (κ3) is 33.4. The molecule has 8 N–H and O–H groups in total. The number of rotatable bonds is 39. The van der Waals surface area contributed by atoms with Crippen LogP contribution in [-0.2, 0) is 9.59 Å². The lowest BCUT2D eigenvalue weighted by Crippen LogP contribution is -2.51. The number of carbonyl (C=O) groups excluding carboxylic acids is 2. The summed E-state index contributed by atoms with van der Waals surface area (Å²) in [4.78, 5) is 27.7. The van der Waals surface area contributed by atoms with Crippen molar-refractivity contribution in [3.05, 3.63) is 12.2 Å². The molecule has 0 aromatic carbocycles. The smallest absolute Gasteiger partial charge is 0.264 e. The molecule has 9 heteroatoms. The summed E-state index contributed by atoms with van der Waals surface area (Å²) in [6.07, 6.45) is 41.3. The van der Waals surface area contributed by atoms with E-state index in [2.05, 4.69) is 36.6 Å². The molecular weight excluding hydrogens is 647 g/mol. The van der Waals surface area contributed by atoms with Crippen LogP contribution in [0.1, 0.15) is 206 Å². The highest BCUT2D eigenvalue weighted by atomic mass is 16.2. The van der Waals surface area contributed by atoms with Crippen LogP contribution in [0.15, 0.2) is 12.2 Å². The van der Waals surface area contributed by atoms with Gasteiger partial charge in [-0.1, -0.05) is 167 Å². The molecule has 0 rings (SSSR count). The number of nitrogens with zero attached hydrogens (tertiary/aromatic N) is 1. The predicted octanol–water partition coefficient (Wildman–Crippen LogP) is 10.1. The Labute approximate surface area is 321 Å². The first-order valence-corrected chi connectivity index (χ1v) is 22.0. The van der Waals surface area contributed by atoms with Gasteiger partial charge in [-0.15, -0.1) is 0 Å². The minimum absolute atomic E-state index is 0.0222. The molecule has 1 atom stereocenters. The molecule has 0 aromatic heterocycles. The average Bonchev–Trinajstić information content (AvgIpc) is 3.13. The van der Waals surface area contributed by atoms with Crippen LogP contribution >= 0.6 is 0 Å². The fourth-order valence-electron chi connectivity index (χ4n) is 6.61. The first-order chi connectivity index (χ1) is 25.3. The van der Waals surface area contributed by atoms with Crippen molar-refractivity contribution in [2.24, 2.45) is 11.5 Å². The largest absolute Gasteiger partial charge is 0.370 e. The standard InChI is InChI=1S/C43H85N7O2/c1-3-5-7-9-11-13-15-17-19-20-22-24-26-28-30-32-37-50(36-31-29-27-25-23-21-18-16-14-12-10-8-6-4-2)42(52)40(45)38-49-41(51)39(44)34-33-35-48-43(46)47/h17,19,40,44H,3-16,18,20-38,45H2,1-2H3,(H,49,51)(H4,46,47,48)/b19-17-,44-39?. The number of amides is 2. The Balaban J connectivity index is 4.43. The third-order valence-corrected chi connectivity index (χ3v) is 10.0. The molecule has 0 fully saturated rings. The molecule has 0 spiro atoms. The number of nitrogens with one attached hydrogen (secondary N) is 4. The fourth-order valence-corrected chi connectivity index (χ4v) is 6.61. The molecule has 52 heavy (non-hydrogen) atoms. The van der Waals surface area contributed by atoms with Crippen molar-refractivity contribution in [3.63, 3.8) is 0 Å². The molecule has 0 heterocycles. The van der Waals surface area contributed by atoms with Gasteiger partial charge in [-0.2, -0.15) is 0 Å². The van der Waals surface area contributed by atoms with E-state index in [-0.39, 0.29) is 30.5 Å². The zero-order valence-corrected chi connectivity index (χ0v) is 34.2. The van der Waals surface area contributed by atoms with Gasteiger partial charge in [0, 0.05) is 26.2 Å². The number of unbranched alkanes of at least 4 members (excludes halogenated alkanes) is 25. The van der Waals surface area contributed by atoms with E-state index >= 15 is 0 Å². The van der Waals surface area contributed by atoms with E-state index in [4.69, 9.17) is 22.3 Å². The average molecular weight is 732 g/mol. The molecular formula is C43H85N7O2. The summed E-state index contributed by atoms with van der Waals surface area (Å²) in [6.45, 7) is 6.40. The normalized spacial score (nSPS) is 11.9. The first kappa shape index (κ1) is 49.6. The molecule has 0 saturated heterocycles. The maximum atomic E-state index is 13.4. The summed E-state index contributed by atoms with van der Waals surface area (Å²) < 4.78 is 0. The van der Waals surface area contributed by atoms with Gasteiger partial charge in [0.25, 0.3) is 5.91 Å². The lowest BCUT2D eigenvalue weighted by molar-refractivity contribution is -0.132. The molecule has 9 nitrogen and oxygen atoms in total. The van der Waals surface area contributed by atoms with Gasteiger partial charge in [-0.25, -0.2) is 0 Å². The number of nitrogens with two attached hydrogens (primary N) is 2. The van der Waals surface area contributed by atoms with Crippen LogP contribution in [0.25, 0.3) is 0 Å². The summed E-state index contributed by atoms with van der Waals surface area (Å²) in [6, 6.07) is -0.822. The minimum Gasteiger partial charge on any atom is -0.370 e. The van der Waals surface area contributed by atoms with E-state index in [9.17, 15) is 9.59 Å². The molecule has 0 saturated carbocycles. The van der Waals surface area contributed by atoms with Gasteiger partial charge in [0.2, 0.25) is 5.91 Å². The van der Waals surface area contributed by atoms with Crippen LogP contribution in [-0.4, -0.2) is 60.6 Å². The maximum Gasteiger partial charge on any atom is 0.264 e. The molecule has 0 aliphatic heterocycles. The zero-order chi connectivity index (χ0) is 38.3. The maximum absolute atomic E-state index is 13.4. The molecule has 0 aromatic rings. The Morgan fingerprint density at radius 2 is 0.962 bits per heavy atom. The molecule has 0 aliphatic carbocycles. The summed E-state index contributed by atoms with van der Waals surface area (Å²) >= 11 is 0. The van der Waals surface area contributed by atoms with Crippen LogP contribution in [0.2, 0.25) is 0 Å². The van der Waals surface area contributed by atoms with Crippen LogP contribution in [0.3, 0.4) is 0 Å². The van der Waals surface area contributed by atoms with Crippen LogP contribution in [0.4, 0.5) is 0 Å². The Bertz CT molecular complexity index is 895. The zero-order valence-electron chi connectivity index (χ0n) is 34.2. The molecule has 0 aliphatic rings. The van der Waals surface area contributed by atoms with E-state index in [1.54, 1.807) is 0 Å². The van der Waals surface area contributed by atoms with Crippen molar-refractivity contribution >= 4 is 23.5 Å². The molecule has 1 unspecified atom stereocenters. The molecule has 2 amide bonds. The van der Waals surface area contributed by atoms with Crippen LogP contribution in [0.5, 0.6) is 0 Å². The van der Waals surface area contributed by atoms with E-state index < -0.39 is 11.9 Å². The summed E-state index contributed by atoms with van der Waals surface area (Å²) in [7, 11) is 0. The highest BCUT2D eigenvalue weighted by Crippen LogP contribution is 2.14. The van der Waals surface area contributed by atoms with Gasteiger partial charge < -0.3 is 27.0 Å².